The van der Waals surface area contributed by atoms with Gasteiger partial charge in [0.15, 0.2) is 5.41 Å². The number of carbonyl (C=O) groups excluding carboxylic acids is 2. The Kier molecular flexibility index (Phi) is 8.41. The van der Waals surface area contributed by atoms with E-state index in [4.69, 9.17) is 9.47 Å². The van der Waals surface area contributed by atoms with Gasteiger partial charge in [-0.05, 0) is 44.6 Å². The number of hydrogen-bond acceptors (Lipinski definition) is 6. The van der Waals surface area contributed by atoms with Gasteiger partial charge in [0, 0.05) is 12.3 Å². The minimum Gasteiger partial charge on any atom is -0.465 e. The number of carbonyl (C=O) groups is 2. The van der Waals surface area contributed by atoms with E-state index >= 15 is 0 Å². The third-order valence-corrected chi connectivity index (χ3v) is 5.75. The second-order valence-corrected chi connectivity index (χ2v) is 7.57. The average Bonchev–Trinajstić information content (AvgIpc) is 3.07. The van der Waals surface area contributed by atoms with E-state index in [-0.39, 0.29) is 26.1 Å². The molecule has 0 amide bonds. The Morgan fingerprint density at radius 1 is 1.17 bits per heavy atom. The van der Waals surface area contributed by atoms with Crippen LogP contribution in [0.15, 0.2) is 43.0 Å². The predicted molar refractivity (Wildman–Crippen MR) is 109 cm³/mol. The van der Waals surface area contributed by atoms with E-state index in [9.17, 15) is 19.8 Å². The summed E-state index contributed by atoms with van der Waals surface area (Å²) >= 11 is 0. The van der Waals surface area contributed by atoms with Crippen molar-refractivity contribution in [3.8, 4) is 0 Å². The molecule has 1 aliphatic rings. The van der Waals surface area contributed by atoms with Crippen LogP contribution >= 0.6 is 0 Å². The van der Waals surface area contributed by atoms with Gasteiger partial charge < -0.3 is 19.7 Å². The van der Waals surface area contributed by atoms with E-state index in [0.717, 1.165) is 5.56 Å². The summed E-state index contributed by atoms with van der Waals surface area (Å²) < 4.78 is 10.3. The highest BCUT2D eigenvalue weighted by molar-refractivity contribution is 6.00. The quantitative estimate of drug-likeness (QED) is 0.354. The summed E-state index contributed by atoms with van der Waals surface area (Å²) in [4.78, 5) is 25.3. The third-order valence-electron chi connectivity index (χ3n) is 5.75. The zero-order valence-corrected chi connectivity index (χ0v) is 17.3. The molecule has 6 nitrogen and oxygen atoms in total. The highest BCUT2D eigenvalue weighted by Gasteiger charge is 2.58. The number of ether oxygens (including phenoxy) is 2. The van der Waals surface area contributed by atoms with Gasteiger partial charge in [-0.25, -0.2) is 0 Å². The Bertz CT molecular complexity index is 668. The fourth-order valence-electron chi connectivity index (χ4n) is 4.25. The number of esters is 2. The monoisotopic (exact) mass is 404 g/mol. The van der Waals surface area contributed by atoms with Crippen molar-refractivity contribution in [3.05, 3.63) is 48.6 Å². The fourth-order valence-corrected chi connectivity index (χ4v) is 4.25. The zero-order chi connectivity index (χ0) is 21.4. The molecule has 2 rings (SSSR count). The molecular formula is C23H32O6. The van der Waals surface area contributed by atoms with Crippen molar-refractivity contribution < 1.29 is 29.3 Å². The van der Waals surface area contributed by atoms with Gasteiger partial charge in [-0.1, -0.05) is 36.4 Å². The lowest BCUT2D eigenvalue weighted by Crippen LogP contribution is -2.41. The maximum Gasteiger partial charge on any atom is 0.323 e. The molecule has 0 heterocycles. The van der Waals surface area contributed by atoms with Gasteiger partial charge in [0.2, 0.25) is 0 Å². The highest BCUT2D eigenvalue weighted by atomic mass is 16.6. The van der Waals surface area contributed by atoms with Crippen molar-refractivity contribution in [2.75, 3.05) is 13.2 Å². The number of benzene rings is 1. The Morgan fingerprint density at radius 3 is 2.28 bits per heavy atom. The minimum absolute atomic E-state index is 0.0604. The van der Waals surface area contributed by atoms with Crippen molar-refractivity contribution in [2.45, 2.75) is 51.7 Å². The molecule has 6 heteroatoms. The van der Waals surface area contributed by atoms with Crippen LogP contribution in [0.4, 0.5) is 0 Å². The molecule has 0 aromatic heterocycles. The Labute approximate surface area is 172 Å². The first-order valence-corrected chi connectivity index (χ1v) is 10.3. The molecule has 1 aromatic carbocycles. The van der Waals surface area contributed by atoms with E-state index in [0.29, 0.717) is 12.8 Å². The summed E-state index contributed by atoms with van der Waals surface area (Å²) in [5.74, 6) is -2.31. The van der Waals surface area contributed by atoms with Gasteiger partial charge in [-0.3, -0.25) is 9.59 Å². The first-order chi connectivity index (χ1) is 13.9. The number of aliphatic hydroxyl groups excluding tert-OH is 2. The minimum atomic E-state index is -1.55. The summed E-state index contributed by atoms with van der Waals surface area (Å²) in [5.41, 5.74) is -0.440. The maximum absolute atomic E-state index is 12.6. The lowest BCUT2D eigenvalue weighted by molar-refractivity contribution is -0.172. The molecule has 1 aromatic rings. The number of rotatable bonds is 10. The average molecular weight is 405 g/mol. The normalized spacial score (nSPS) is 22.5. The number of aliphatic hydroxyl groups is 2. The smallest absolute Gasteiger partial charge is 0.323 e. The van der Waals surface area contributed by atoms with Crippen LogP contribution in [0.1, 0.15) is 38.7 Å². The molecule has 2 N–H and O–H groups in total. The molecule has 1 saturated carbocycles. The van der Waals surface area contributed by atoms with Crippen molar-refractivity contribution >= 4 is 11.9 Å². The zero-order valence-electron chi connectivity index (χ0n) is 17.3. The molecular weight excluding hydrogens is 372 g/mol. The first kappa shape index (κ1) is 23.1. The molecule has 0 spiro atoms. The van der Waals surface area contributed by atoms with Gasteiger partial charge in [-0.2, -0.15) is 0 Å². The van der Waals surface area contributed by atoms with Crippen LogP contribution in [-0.4, -0.2) is 47.6 Å². The molecule has 1 fully saturated rings. The topological polar surface area (TPSA) is 93.1 Å². The second-order valence-electron chi connectivity index (χ2n) is 7.57. The van der Waals surface area contributed by atoms with Gasteiger partial charge in [0.1, 0.15) is 0 Å². The summed E-state index contributed by atoms with van der Waals surface area (Å²) in [7, 11) is 0. The van der Waals surface area contributed by atoms with E-state index < -0.39 is 41.4 Å². The molecule has 1 aliphatic carbocycles. The van der Waals surface area contributed by atoms with Crippen molar-refractivity contribution in [1.29, 1.82) is 0 Å². The Morgan fingerprint density at radius 2 is 1.76 bits per heavy atom. The SMILES string of the molecule is C=C[C@H]([C@H]1CC(C(=O)OCC)(C(=O)OCC)C[C@H]1O)[C@H](O)CCc1ccccc1. The van der Waals surface area contributed by atoms with E-state index in [1.165, 1.54) is 0 Å². The van der Waals surface area contributed by atoms with E-state index in [2.05, 4.69) is 6.58 Å². The predicted octanol–water partition coefficient (Wildman–Crippen LogP) is 2.67. The van der Waals surface area contributed by atoms with E-state index in [1.54, 1.807) is 19.9 Å². The molecule has 4 atom stereocenters. The van der Waals surface area contributed by atoms with Gasteiger partial charge >= 0.3 is 11.9 Å². The van der Waals surface area contributed by atoms with Gasteiger partial charge in [0.25, 0.3) is 0 Å². The van der Waals surface area contributed by atoms with Gasteiger partial charge in [-0.15, -0.1) is 6.58 Å². The number of aryl methyl sites for hydroxylation is 1. The van der Waals surface area contributed by atoms with Crippen LogP contribution in [0, 0.1) is 17.3 Å². The highest BCUT2D eigenvalue weighted by Crippen LogP contribution is 2.48. The van der Waals surface area contributed by atoms with Crippen molar-refractivity contribution in [1.82, 2.24) is 0 Å². The summed E-state index contributed by atoms with van der Waals surface area (Å²) in [6, 6.07) is 9.81. The standard InChI is InChI=1S/C23H32O6/c1-4-17(19(24)13-12-16-10-8-7-9-11-16)18-14-23(15-20(18)25,21(26)28-5-2)22(27)29-6-3/h4,7-11,17-20,24-25H,1,5-6,12-15H2,2-3H3/t17-,18-,19-,20-/m1/s1. The van der Waals surface area contributed by atoms with Gasteiger partial charge in [0.05, 0.1) is 25.4 Å². The van der Waals surface area contributed by atoms with E-state index in [1.807, 2.05) is 30.3 Å². The molecule has 0 saturated heterocycles. The Hall–Kier alpha value is -2.18. The molecule has 0 unspecified atom stereocenters. The van der Waals surface area contributed by atoms with Crippen molar-refractivity contribution in [3.63, 3.8) is 0 Å². The summed E-state index contributed by atoms with van der Waals surface area (Å²) in [6.07, 6.45) is 1.04. The van der Waals surface area contributed by atoms with Crippen LogP contribution in [0.2, 0.25) is 0 Å². The van der Waals surface area contributed by atoms with Crippen LogP contribution < -0.4 is 0 Å². The first-order valence-electron chi connectivity index (χ1n) is 10.3. The molecule has 0 bridgehead atoms. The molecule has 160 valence electrons. The lowest BCUT2D eigenvalue weighted by Gasteiger charge is -2.29. The molecule has 29 heavy (non-hydrogen) atoms. The lowest BCUT2D eigenvalue weighted by atomic mass is 9.79. The second kappa shape index (κ2) is 10.6. The van der Waals surface area contributed by atoms with Crippen LogP contribution in [0.25, 0.3) is 0 Å². The number of hydrogen-bond donors (Lipinski definition) is 2. The van der Waals surface area contributed by atoms with Crippen LogP contribution in [0.5, 0.6) is 0 Å². The molecule has 0 radical (unpaired) electrons. The summed E-state index contributed by atoms with van der Waals surface area (Å²) in [6.45, 7) is 7.42. The molecule has 0 aliphatic heterocycles. The third kappa shape index (κ3) is 5.25. The van der Waals surface area contributed by atoms with Crippen LogP contribution in [0.3, 0.4) is 0 Å². The Balaban J connectivity index is 2.17. The maximum atomic E-state index is 12.6. The largest absolute Gasteiger partial charge is 0.465 e. The fraction of sp³-hybridized carbons (Fsp3) is 0.565. The van der Waals surface area contributed by atoms with Crippen LogP contribution in [-0.2, 0) is 25.5 Å². The summed E-state index contributed by atoms with van der Waals surface area (Å²) in [5, 5.41) is 21.5. The van der Waals surface area contributed by atoms with Crippen molar-refractivity contribution in [2.24, 2.45) is 17.3 Å².